The lowest BCUT2D eigenvalue weighted by Crippen LogP contribution is -2.04. The van der Waals surface area contributed by atoms with Gasteiger partial charge in [-0.2, -0.15) is 8.78 Å². The van der Waals surface area contributed by atoms with Crippen LogP contribution in [0.4, 0.5) is 20.3 Å². The summed E-state index contributed by atoms with van der Waals surface area (Å²) in [6, 6.07) is 9.97. The first-order valence-corrected chi connectivity index (χ1v) is 5.87. The van der Waals surface area contributed by atoms with Gasteiger partial charge in [0.05, 0.1) is 5.69 Å². The van der Waals surface area contributed by atoms with Gasteiger partial charge in [-0.15, -0.1) is 0 Å². The third-order valence-electron chi connectivity index (χ3n) is 2.09. The Bertz CT molecular complexity index is 520. The summed E-state index contributed by atoms with van der Waals surface area (Å²) in [5.41, 5.74) is 0.438. The Hall–Kier alpha value is -1.69. The first kappa shape index (κ1) is 12.8. The van der Waals surface area contributed by atoms with Crippen molar-refractivity contribution >= 4 is 27.4 Å². The summed E-state index contributed by atoms with van der Waals surface area (Å²) in [5, 5.41) is 2.91. The van der Waals surface area contributed by atoms with E-state index in [9.17, 15) is 8.78 Å². The fraction of sp³-hybridized carbons (Fsp3) is 0.0833. The number of nitrogens with one attached hydrogen (secondary N) is 1. The van der Waals surface area contributed by atoms with E-state index >= 15 is 0 Å². The smallest absolute Gasteiger partial charge is 0.387 e. The van der Waals surface area contributed by atoms with Gasteiger partial charge >= 0.3 is 6.61 Å². The highest BCUT2D eigenvalue weighted by Gasteiger charge is 2.09. The summed E-state index contributed by atoms with van der Waals surface area (Å²) in [6.45, 7) is -2.86. The monoisotopic (exact) mass is 314 g/mol. The molecule has 3 nitrogen and oxygen atoms in total. The van der Waals surface area contributed by atoms with E-state index in [-0.39, 0.29) is 5.75 Å². The van der Waals surface area contributed by atoms with E-state index in [1.54, 1.807) is 36.5 Å². The zero-order chi connectivity index (χ0) is 13.0. The Morgan fingerprint density at radius 1 is 1.17 bits per heavy atom. The van der Waals surface area contributed by atoms with Gasteiger partial charge in [-0.25, -0.2) is 4.98 Å². The van der Waals surface area contributed by atoms with Crippen LogP contribution in [0.1, 0.15) is 0 Å². The lowest BCUT2D eigenvalue weighted by molar-refractivity contribution is -0.0493. The van der Waals surface area contributed by atoms with Crippen LogP contribution < -0.4 is 10.1 Å². The van der Waals surface area contributed by atoms with Crippen LogP contribution in [0.5, 0.6) is 5.75 Å². The zero-order valence-corrected chi connectivity index (χ0v) is 10.7. The third kappa shape index (κ3) is 3.40. The summed E-state index contributed by atoms with van der Waals surface area (Å²) >= 11 is 3.26. The molecule has 0 spiro atoms. The number of nitrogens with zero attached hydrogens (tertiary/aromatic N) is 1. The van der Waals surface area contributed by atoms with E-state index in [1.807, 2.05) is 0 Å². The lowest BCUT2D eigenvalue weighted by Gasteiger charge is -2.11. The van der Waals surface area contributed by atoms with Gasteiger partial charge in [0.25, 0.3) is 0 Å². The maximum atomic E-state index is 12.2. The number of ether oxygens (including phenoxy) is 1. The second-order valence-corrected chi connectivity index (χ2v) is 4.28. The first-order valence-electron chi connectivity index (χ1n) is 5.07. The molecule has 0 aliphatic carbocycles. The zero-order valence-electron chi connectivity index (χ0n) is 9.11. The molecule has 0 unspecified atom stereocenters. The Balaban J connectivity index is 2.20. The lowest BCUT2D eigenvalue weighted by atomic mass is 10.3. The molecule has 0 atom stereocenters. The predicted molar refractivity (Wildman–Crippen MR) is 68.3 cm³/mol. The largest absolute Gasteiger partial charge is 0.433 e. The minimum Gasteiger partial charge on any atom is -0.433 e. The van der Waals surface area contributed by atoms with Crippen molar-refractivity contribution in [2.75, 3.05) is 5.32 Å². The molecule has 0 radical (unpaired) electrons. The molecule has 1 aromatic heterocycles. The molecule has 0 fully saturated rings. The molecule has 0 aliphatic rings. The van der Waals surface area contributed by atoms with Crippen LogP contribution in [0.3, 0.4) is 0 Å². The quantitative estimate of drug-likeness (QED) is 0.918. The minimum atomic E-state index is -2.86. The molecule has 2 aromatic rings. The summed E-state index contributed by atoms with van der Waals surface area (Å²) < 4.78 is 29.7. The average Bonchev–Trinajstić information content (AvgIpc) is 2.34. The molecule has 1 aromatic carbocycles. The van der Waals surface area contributed by atoms with Gasteiger partial charge in [0.15, 0.2) is 0 Å². The number of hydrogen-bond donors (Lipinski definition) is 1. The molecule has 0 saturated heterocycles. The topological polar surface area (TPSA) is 34.1 Å². The average molecular weight is 315 g/mol. The summed E-state index contributed by atoms with van der Waals surface area (Å²) in [6.07, 6.45) is 1.61. The molecule has 6 heteroatoms. The fourth-order valence-corrected chi connectivity index (χ4v) is 1.59. The number of rotatable bonds is 4. The van der Waals surface area contributed by atoms with Crippen LogP contribution in [0.25, 0.3) is 0 Å². The van der Waals surface area contributed by atoms with Crippen LogP contribution >= 0.6 is 15.9 Å². The Morgan fingerprint density at radius 2 is 1.94 bits per heavy atom. The van der Waals surface area contributed by atoms with Crippen molar-refractivity contribution in [2.24, 2.45) is 0 Å². The standard InChI is InChI=1S/C12H9BrF2N2O/c13-8-5-6-11(16-7-8)17-9-3-1-2-4-10(9)18-12(14)15/h1-7,12H,(H,16,17). The highest BCUT2D eigenvalue weighted by atomic mass is 79.9. The van der Waals surface area contributed by atoms with Crippen molar-refractivity contribution in [3.63, 3.8) is 0 Å². The third-order valence-corrected chi connectivity index (χ3v) is 2.56. The van der Waals surface area contributed by atoms with Crippen molar-refractivity contribution in [3.8, 4) is 5.75 Å². The number of halogens is 3. The fourth-order valence-electron chi connectivity index (χ4n) is 1.36. The second-order valence-electron chi connectivity index (χ2n) is 3.36. The number of pyridine rings is 1. The Labute approximate surface area is 111 Å². The van der Waals surface area contributed by atoms with E-state index in [0.717, 1.165) is 4.47 Å². The molecule has 1 heterocycles. The molecular formula is C12H9BrF2N2O. The highest BCUT2D eigenvalue weighted by molar-refractivity contribution is 9.10. The SMILES string of the molecule is FC(F)Oc1ccccc1Nc1ccc(Br)cn1. The van der Waals surface area contributed by atoms with Crippen LogP contribution in [0.2, 0.25) is 0 Å². The Morgan fingerprint density at radius 3 is 2.61 bits per heavy atom. The summed E-state index contributed by atoms with van der Waals surface area (Å²) in [5.74, 6) is 0.626. The first-order chi connectivity index (χ1) is 8.65. The minimum absolute atomic E-state index is 0.0808. The molecule has 0 aliphatic heterocycles. The van der Waals surface area contributed by atoms with Crippen molar-refractivity contribution in [1.82, 2.24) is 4.98 Å². The number of benzene rings is 1. The predicted octanol–water partition coefficient (Wildman–Crippen LogP) is 4.19. The maximum absolute atomic E-state index is 12.2. The van der Waals surface area contributed by atoms with Crippen LogP contribution in [-0.2, 0) is 0 Å². The van der Waals surface area contributed by atoms with Gasteiger partial charge in [0.2, 0.25) is 0 Å². The number of alkyl halides is 2. The molecule has 2 rings (SSSR count). The summed E-state index contributed by atoms with van der Waals surface area (Å²) in [4.78, 5) is 4.09. The molecular weight excluding hydrogens is 306 g/mol. The van der Waals surface area contributed by atoms with E-state index in [4.69, 9.17) is 0 Å². The van der Waals surface area contributed by atoms with E-state index in [2.05, 4.69) is 31.0 Å². The van der Waals surface area contributed by atoms with Gasteiger partial charge < -0.3 is 10.1 Å². The van der Waals surface area contributed by atoms with Crippen molar-refractivity contribution in [3.05, 3.63) is 47.1 Å². The highest BCUT2D eigenvalue weighted by Crippen LogP contribution is 2.28. The van der Waals surface area contributed by atoms with Crippen LogP contribution in [0, 0.1) is 0 Å². The molecule has 18 heavy (non-hydrogen) atoms. The Kier molecular flexibility index (Phi) is 4.09. The second kappa shape index (κ2) is 5.77. The molecule has 94 valence electrons. The van der Waals surface area contributed by atoms with E-state index in [0.29, 0.717) is 11.5 Å². The van der Waals surface area contributed by atoms with Crippen LogP contribution in [0.15, 0.2) is 47.1 Å². The van der Waals surface area contributed by atoms with Crippen molar-refractivity contribution in [1.29, 1.82) is 0 Å². The molecule has 1 N–H and O–H groups in total. The molecule has 0 bridgehead atoms. The number of anilines is 2. The van der Waals surface area contributed by atoms with Gasteiger partial charge in [-0.3, -0.25) is 0 Å². The number of para-hydroxylation sites is 2. The van der Waals surface area contributed by atoms with Gasteiger partial charge in [-0.05, 0) is 40.2 Å². The molecule has 0 saturated carbocycles. The van der Waals surface area contributed by atoms with E-state index in [1.165, 1.54) is 6.07 Å². The van der Waals surface area contributed by atoms with Crippen molar-refractivity contribution < 1.29 is 13.5 Å². The molecule has 0 amide bonds. The van der Waals surface area contributed by atoms with Crippen LogP contribution in [-0.4, -0.2) is 11.6 Å². The summed E-state index contributed by atoms with van der Waals surface area (Å²) in [7, 11) is 0. The van der Waals surface area contributed by atoms with E-state index < -0.39 is 6.61 Å². The van der Waals surface area contributed by atoms with Gasteiger partial charge in [-0.1, -0.05) is 12.1 Å². The normalized spacial score (nSPS) is 10.4. The van der Waals surface area contributed by atoms with Gasteiger partial charge in [0, 0.05) is 10.7 Å². The number of hydrogen-bond acceptors (Lipinski definition) is 3. The maximum Gasteiger partial charge on any atom is 0.387 e. The number of aromatic nitrogens is 1. The van der Waals surface area contributed by atoms with Gasteiger partial charge in [0.1, 0.15) is 11.6 Å². The van der Waals surface area contributed by atoms with Crippen molar-refractivity contribution in [2.45, 2.75) is 6.61 Å².